The van der Waals surface area contributed by atoms with Gasteiger partial charge in [0.1, 0.15) is 6.10 Å². The van der Waals surface area contributed by atoms with Crippen LogP contribution >= 0.6 is 22.9 Å². The van der Waals surface area contributed by atoms with Crippen LogP contribution in [0.4, 0.5) is 10.5 Å². The van der Waals surface area contributed by atoms with Crippen LogP contribution in [0.3, 0.4) is 0 Å². The Balaban J connectivity index is 1.62. The summed E-state index contributed by atoms with van der Waals surface area (Å²) in [7, 11) is 0. The maximum Gasteiger partial charge on any atom is 0.414 e. The first-order valence-corrected chi connectivity index (χ1v) is 9.07. The zero-order chi connectivity index (χ0) is 18.7. The van der Waals surface area contributed by atoms with E-state index >= 15 is 0 Å². The number of amides is 2. The Bertz CT molecular complexity index is 854. The molecule has 1 atom stereocenters. The molecule has 9 heteroatoms. The van der Waals surface area contributed by atoms with Gasteiger partial charge in [-0.1, -0.05) is 23.7 Å². The summed E-state index contributed by atoms with van der Waals surface area (Å²) in [6.45, 7) is 0.633. The maximum atomic E-state index is 12.2. The molecule has 2 amide bonds. The monoisotopic (exact) mass is 392 g/mol. The number of hydrogen-bond donors (Lipinski definition) is 3. The third kappa shape index (κ3) is 4.04. The van der Waals surface area contributed by atoms with Crippen molar-refractivity contribution in [1.29, 1.82) is 5.41 Å². The highest BCUT2D eigenvalue weighted by Gasteiger charge is 2.32. The largest absolute Gasteiger partial charge is 0.442 e. The van der Waals surface area contributed by atoms with Gasteiger partial charge in [-0.3, -0.25) is 9.69 Å². The summed E-state index contributed by atoms with van der Waals surface area (Å²) in [4.78, 5) is 26.2. The Kier molecular flexibility index (Phi) is 5.55. The lowest BCUT2D eigenvalue weighted by molar-refractivity contribution is 0.0920. The van der Waals surface area contributed by atoms with E-state index in [-0.39, 0.29) is 24.7 Å². The molecule has 7 nitrogen and oxygen atoms in total. The summed E-state index contributed by atoms with van der Waals surface area (Å²) in [6.07, 6.45) is -0.945. The summed E-state index contributed by atoms with van der Waals surface area (Å²) in [5.74, 6) is -0.255. The molecule has 26 heavy (non-hydrogen) atoms. The summed E-state index contributed by atoms with van der Waals surface area (Å²) in [5.41, 5.74) is 7.07. The van der Waals surface area contributed by atoms with Crippen LogP contribution in [0.1, 0.15) is 15.2 Å². The van der Waals surface area contributed by atoms with Crippen LogP contribution in [0.25, 0.3) is 0 Å². The van der Waals surface area contributed by atoms with E-state index in [9.17, 15) is 9.59 Å². The van der Waals surface area contributed by atoms with Crippen LogP contribution in [-0.2, 0) is 4.74 Å². The molecule has 0 bridgehead atoms. The van der Waals surface area contributed by atoms with E-state index in [4.69, 9.17) is 27.5 Å². The van der Waals surface area contributed by atoms with Crippen molar-refractivity contribution < 1.29 is 14.3 Å². The first-order valence-electron chi connectivity index (χ1n) is 7.87. The fourth-order valence-electron chi connectivity index (χ4n) is 2.55. The van der Waals surface area contributed by atoms with Crippen LogP contribution in [0.15, 0.2) is 36.4 Å². The Morgan fingerprint density at radius 3 is 2.92 bits per heavy atom. The number of benzene rings is 1. The van der Waals surface area contributed by atoms with E-state index in [1.807, 2.05) is 0 Å². The molecule has 0 spiro atoms. The SMILES string of the molecule is N=C(CN)c1cccc(N2CC(CNC(=O)c3ccc(Cl)s3)OC2=O)c1. The van der Waals surface area contributed by atoms with Gasteiger partial charge >= 0.3 is 6.09 Å². The van der Waals surface area contributed by atoms with Crippen LogP contribution in [-0.4, -0.2) is 43.5 Å². The van der Waals surface area contributed by atoms with E-state index in [1.54, 1.807) is 36.4 Å². The highest BCUT2D eigenvalue weighted by molar-refractivity contribution is 7.17. The highest BCUT2D eigenvalue weighted by atomic mass is 35.5. The van der Waals surface area contributed by atoms with Crippen molar-refractivity contribution in [3.8, 4) is 0 Å². The molecule has 136 valence electrons. The molecule has 1 aromatic heterocycles. The van der Waals surface area contributed by atoms with Gasteiger partial charge in [0.2, 0.25) is 0 Å². The van der Waals surface area contributed by atoms with E-state index in [0.29, 0.717) is 27.0 Å². The number of rotatable bonds is 6. The van der Waals surface area contributed by atoms with Gasteiger partial charge in [-0.05, 0) is 29.8 Å². The first-order chi connectivity index (χ1) is 12.5. The predicted molar refractivity (Wildman–Crippen MR) is 102 cm³/mol. The Hall–Kier alpha value is -2.42. The second-order valence-electron chi connectivity index (χ2n) is 5.66. The van der Waals surface area contributed by atoms with Crippen LogP contribution in [0.5, 0.6) is 0 Å². The molecule has 1 aliphatic heterocycles. The number of carbonyl (C=O) groups is 2. The molecular weight excluding hydrogens is 376 g/mol. The fraction of sp³-hybridized carbons (Fsp3) is 0.235. The number of anilines is 1. The quantitative estimate of drug-likeness (QED) is 0.656. The number of thiophene rings is 1. The number of cyclic esters (lactones) is 1. The third-order valence-electron chi connectivity index (χ3n) is 3.87. The maximum absolute atomic E-state index is 12.2. The van der Waals surface area contributed by atoms with Crippen molar-refractivity contribution in [1.82, 2.24) is 5.32 Å². The number of ether oxygens (including phenoxy) is 1. The molecule has 0 aliphatic carbocycles. The average Bonchev–Trinajstić information content (AvgIpc) is 3.24. The van der Waals surface area contributed by atoms with Crippen LogP contribution in [0, 0.1) is 5.41 Å². The summed E-state index contributed by atoms with van der Waals surface area (Å²) in [6, 6.07) is 10.3. The number of halogens is 1. The zero-order valence-corrected chi connectivity index (χ0v) is 15.3. The second-order valence-corrected chi connectivity index (χ2v) is 7.38. The topological polar surface area (TPSA) is 109 Å². The normalized spacial score (nSPS) is 16.5. The van der Waals surface area contributed by atoms with Gasteiger partial charge < -0.3 is 21.2 Å². The molecule has 0 saturated carbocycles. The number of carbonyl (C=O) groups excluding carboxylic acids is 2. The summed E-state index contributed by atoms with van der Waals surface area (Å²) >= 11 is 7.01. The molecule has 4 N–H and O–H groups in total. The van der Waals surface area contributed by atoms with Gasteiger partial charge in [0.25, 0.3) is 5.91 Å². The van der Waals surface area contributed by atoms with Crippen molar-refractivity contribution in [3.05, 3.63) is 51.2 Å². The van der Waals surface area contributed by atoms with Crippen LogP contribution in [0.2, 0.25) is 4.34 Å². The first kappa shape index (κ1) is 18.4. The van der Waals surface area contributed by atoms with Gasteiger partial charge in [-0.25, -0.2) is 4.79 Å². The van der Waals surface area contributed by atoms with Crippen molar-refractivity contribution in [2.45, 2.75) is 6.10 Å². The molecule has 1 unspecified atom stereocenters. The Morgan fingerprint density at radius 1 is 1.42 bits per heavy atom. The predicted octanol–water partition coefficient (Wildman–Crippen LogP) is 2.48. The van der Waals surface area contributed by atoms with E-state index in [2.05, 4.69) is 5.32 Å². The molecule has 0 radical (unpaired) electrons. The zero-order valence-electron chi connectivity index (χ0n) is 13.7. The van der Waals surface area contributed by atoms with E-state index < -0.39 is 12.2 Å². The van der Waals surface area contributed by atoms with Gasteiger partial charge in [0, 0.05) is 12.2 Å². The van der Waals surface area contributed by atoms with Gasteiger partial charge in [-0.2, -0.15) is 0 Å². The third-order valence-corrected chi connectivity index (χ3v) is 5.10. The molecule has 1 fully saturated rings. The lowest BCUT2D eigenvalue weighted by atomic mass is 10.1. The van der Waals surface area contributed by atoms with Crippen molar-refractivity contribution in [2.75, 3.05) is 24.5 Å². The molecule has 1 aromatic carbocycles. The van der Waals surface area contributed by atoms with Crippen molar-refractivity contribution in [2.24, 2.45) is 5.73 Å². The highest BCUT2D eigenvalue weighted by Crippen LogP contribution is 2.23. The summed E-state index contributed by atoms with van der Waals surface area (Å²) in [5, 5.41) is 10.6. The molecule has 2 aromatic rings. The molecule has 1 aliphatic rings. The fourth-order valence-corrected chi connectivity index (χ4v) is 3.51. The van der Waals surface area contributed by atoms with Gasteiger partial charge in [-0.15, -0.1) is 11.3 Å². The van der Waals surface area contributed by atoms with Gasteiger partial charge in [0.05, 0.1) is 28.0 Å². The Labute approximate surface area is 159 Å². The van der Waals surface area contributed by atoms with Crippen molar-refractivity contribution in [3.63, 3.8) is 0 Å². The molecule has 2 heterocycles. The number of nitrogens with zero attached hydrogens (tertiary/aromatic N) is 1. The van der Waals surface area contributed by atoms with E-state index in [1.165, 1.54) is 16.2 Å². The number of nitrogens with one attached hydrogen (secondary N) is 2. The Morgan fingerprint density at radius 2 is 2.23 bits per heavy atom. The smallest absolute Gasteiger partial charge is 0.414 e. The summed E-state index contributed by atoms with van der Waals surface area (Å²) < 4.78 is 5.86. The molecular formula is C17H17ClN4O3S. The number of hydrogen-bond acceptors (Lipinski definition) is 6. The minimum Gasteiger partial charge on any atom is -0.442 e. The van der Waals surface area contributed by atoms with E-state index in [0.717, 1.165) is 0 Å². The molecule has 1 saturated heterocycles. The minimum atomic E-state index is -0.486. The van der Waals surface area contributed by atoms with Gasteiger partial charge in [0.15, 0.2) is 0 Å². The van der Waals surface area contributed by atoms with Crippen molar-refractivity contribution >= 4 is 46.3 Å². The van der Waals surface area contributed by atoms with Crippen LogP contribution < -0.4 is 16.0 Å². The number of nitrogens with two attached hydrogens (primary N) is 1. The lowest BCUT2D eigenvalue weighted by Crippen LogP contribution is -2.34. The molecule has 3 rings (SSSR count). The standard InChI is InChI=1S/C17H17ClN4O3S/c18-15-5-4-14(26-15)16(23)21-8-12-9-22(17(24)25-12)11-3-1-2-10(6-11)13(20)7-19/h1-6,12,20H,7-9,19H2,(H,21,23). The lowest BCUT2D eigenvalue weighted by Gasteiger charge is -2.14. The second kappa shape index (κ2) is 7.86. The minimum absolute atomic E-state index is 0.120. The average molecular weight is 393 g/mol.